The lowest BCUT2D eigenvalue weighted by Gasteiger charge is -2.36. The third-order valence-electron chi connectivity index (χ3n) is 3.97. The number of aliphatic hydroxyl groups excluding tert-OH is 1. The highest BCUT2D eigenvalue weighted by Gasteiger charge is 2.30. The minimum Gasteiger partial charge on any atom is -0.394 e. The molecule has 2 N–H and O–H groups in total. The largest absolute Gasteiger partial charge is 0.394 e. The van der Waals surface area contributed by atoms with Gasteiger partial charge in [-0.05, 0) is 24.0 Å². The van der Waals surface area contributed by atoms with Crippen molar-refractivity contribution in [1.82, 2.24) is 9.88 Å². The second-order valence-corrected chi connectivity index (χ2v) is 6.13. The van der Waals surface area contributed by atoms with E-state index in [0.717, 1.165) is 24.1 Å². The summed E-state index contributed by atoms with van der Waals surface area (Å²) in [6.45, 7) is 2.55. The van der Waals surface area contributed by atoms with Crippen LogP contribution in [0.5, 0.6) is 0 Å². The number of thiazole rings is 1. The van der Waals surface area contributed by atoms with Gasteiger partial charge in [0.1, 0.15) is 0 Å². The number of nitrogens with zero attached hydrogens (tertiary/aromatic N) is 2. The van der Waals surface area contributed by atoms with Gasteiger partial charge < -0.3 is 10.0 Å². The second-order valence-electron chi connectivity index (χ2n) is 5.27. The number of carbonyl (C=O) groups is 1. The molecule has 0 spiro atoms. The number of hydrogen-bond acceptors (Lipinski definition) is 4. The number of rotatable bonds is 3. The van der Waals surface area contributed by atoms with E-state index < -0.39 is 0 Å². The van der Waals surface area contributed by atoms with Gasteiger partial charge in [0, 0.05) is 11.9 Å². The van der Waals surface area contributed by atoms with Crippen LogP contribution in [-0.2, 0) is 12.8 Å². The molecular formula is C16H19N3O2S. The maximum absolute atomic E-state index is 12.5. The summed E-state index contributed by atoms with van der Waals surface area (Å²) in [5, 5.41) is 15.1. The Morgan fingerprint density at radius 1 is 1.50 bits per heavy atom. The van der Waals surface area contributed by atoms with E-state index in [-0.39, 0.29) is 18.7 Å². The van der Waals surface area contributed by atoms with Crippen molar-refractivity contribution in [2.24, 2.45) is 0 Å². The summed E-state index contributed by atoms with van der Waals surface area (Å²) in [5.74, 6) is 0. The summed E-state index contributed by atoms with van der Waals surface area (Å²) in [5.41, 5.74) is 3.20. The van der Waals surface area contributed by atoms with Gasteiger partial charge in [-0.1, -0.05) is 31.2 Å². The number of anilines is 1. The third kappa shape index (κ3) is 2.84. The van der Waals surface area contributed by atoms with Crippen molar-refractivity contribution < 1.29 is 9.90 Å². The zero-order valence-corrected chi connectivity index (χ0v) is 13.3. The van der Waals surface area contributed by atoms with Gasteiger partial charge >= 0.3 is 6.03 Å². The summed E-state index contributed by atoms with van der Waals surface area (Å²) < 4.78 is 0. The van der Waals surface area contributed by atoms with Crippen molar-refractivity contribution in [3.63, 3.8) is 0 Å². The fraction of sp³-hybridized carbons (Fsp3) is 0.375. The van der Waals surface area contributed by atoms with Crippen LogP contribution in [0.3, 0.4) is 0 Å². The van der Waals surface area contributed by atoms with E-state index >= 15 is 0 Å². The molecule has 5 nitrogen and oxygen atoms in total. The summed E-state index contributed by atoms with van der Waals surface area (Å²) in [6.07, 6.45) is 1.65. The average Bonchev–Trinajstić information content (AvgIpc) is 3.01. The maximum atomic E-state index is 12.5. The topological polar surface area (TPSA) is 65.5 Å². The van der Waals surface area contributed by atoms with E-state index in [9.17, 15) is 9.90 Å². The van der Waals surface area contributed by atoms with Gasteiger partial charge in [-0.2, -0.15) is 0 Å². The van der Waals surface area contributed by atoms with Crippen LogP contribution in [0.4, 0.5) is 9.93 Å². The number of aliphatic hydroxyl groups is 1. The molecule has 0 saturated carbocycles. The molecule has 0 fully saturated rings. The SMILES string of the molecule is CCc1csc(NC(=O)N2CCc3ccccc3[C@H]2CO)n1. The Morgan fingerprint density at radius 2 is 2.32 bits per heavy atom. The van der Waals surface area contributed by atoms with Crippen LogP contribution in [0.25, 0.3) is 0 Å². The van der Waals surface area contributed by atoms with E-state index in [2.05, 4.69) is 16.4 Å². The van der Waals surface area contributed by atoms with Crippen LogP contribution in [0.1, 0.15) is 29.8 Å². The Bertz CT molecular complexity index is 671. The number of hydrogen-bond donors (Lipinski definition) is 2. The van der Waals surface area contributed by atoms with E-state index in [1.54, 1.807) is 4.90 Å². The smallest absolute Gasteiger partial charge is 0.324 e. The fourth-order valence-corrected chi connectivity index (χ4v) is 3.56. The van der Waals surface area contributed by atoms with Crippen LogP contribution in [0.2, 0.25) is 0 Å². The number of aromatic nitrogens is 1. The van der Waals surface area contributed by atoms with E-state index in [1.807, 2.05) is 30.5 Å². The van der Waals surface area contributed by atoms with Crippen molar-refractivity contribution in [1.29, 1.82) is 0 Å². The van der Waals surface area contributed by atoms with Crippen LogP contribution >= 0.6 is 11.3 Å². The monoisotopic (exact) mass is 317 g/mol. The van der Waals surface area contributed by atoms with Crippen LogP contribution < -0.4 is 5.32 Å². The van der Waals surface area contributed by atoms with Gasteiger partial charge in [0.15, 0.2) is 5.13 Å². The fourth-order valence-electron chi connectivity index (χ4n) is 2.78. The molecule has 1 atom stereocenters. The first kappa shape index (κ1) is 15.0. The number of urea groups is 1. The predicted molar refractivity (Wildman–Crippen MR) is 87.2 cm³/mol. The maximum Gasteiger partial charge on any atom is 0.324 e. The van der Waals surface area contributed by atoms with Gasteiger partial charge in [0.25, 0.3) is 0 Å². The first-order valence-corrected chi connectivity index (χ1v) is 8.31. The first-order valence-electron chi connectivity index (χ1n) is 7.43. The lowest BCUT2D eigenvalue weighted by molar-refractivity contribution is 0.135. The number of nitrogens with one attached hydrogen (secondary N) is 1. The molecule has 6 heteroatoms. The zero-order chi connectivity index (χ0) is 15.5. The van der Waals surface area contributed by atoms with E-state index in [4.69, 9.17) is 0 Å². The molecule has 0 radical (unpaired) electrons. The summed E-state index contributed by atoms with van der Waals surface area (Å²) in [6, 6.07) is 7.47. The molecule has 3 rings (SSSR count). The molecule has 1 aromatic heterocycles. The number of carbonyl (C=O) groups excluding carboxylic acids is 1. The zero-order valence-electron chi connectivity index (χ0n) is 12.5. The molecular weight excluding hydrogens is 298 g/mol. The van der Waals surface area contributed by atoms with Crippen molar-refractivity contribution in [2.75, 3.05) is 18.5 Å². The van der Waals surface area contributed by atoms with E-state index in [0.29, 0.717) is 11.7 Å². The molecule has 2 heterocycles. The summed E-state index contributed by atoms with van der Waals surface area (Å²) in [4.78, 5) is 18.6. The predicted octanol–water partition coefficient (Wildman–Crippen LogP) is 2.83. The van der Waals surface area contributed by atoms with E-state index in [1.165, 1.54) is 16.9 Å². The second kappa shape index (κ2) is 6.46. The molecule has 1 aromatic carbocycles. The Kier molecular flexibility index (Phi) is 4.40. The van der Waals surface area contributed by atoms with Gasteiger partial charge in [0.2, 0.25) is 0 Å². The molecule has 116 valence electrons. The summed E-state index contributed by atoms with van der Waals surface area (Å²) >= 11 is 1.43. The quantitative estimate of drug-likeness (QED) is 0.915. The molecule has 2 amide bonds. The highest BCUT2D eigenvalue weighted by atomic mass is 32.1. The highest BCUT2D eigenvalue weighted by Crippen LogP contribution is 2.30. The molecule has 0 unspecified atom stereocenters. The normalized spacial score (nSPS) is 17.2. The van der Waals surface area contributed by atoms with Crippen molar-refractivity contribution >= 4 is 22.5 Å². The lowest BCUT2D eigenvalue weighted by Crippen LogP contribution is -2.43. The van der Waals surface area contributed by atoms with Gasteiger partial charge in [0.05, 0.1) is 18.3 Å². The molecule has 0 bridgehead atoms. The molecule has 2 aromatic rings. The minimum absolute atomic E-state index is 0.0808. The molecule has 1 aliphatic heterocycles. The standard InChI is InChI=1S/C16H19N3O2S/c1-2-12-10-22-15(17-12)18-16(21)19-8-7-11-5-3-4-6-13(11)14(19)9-20/h3-6,10,14,20H,2,7-9H2,1H3,(H,17,18,21)/t14-/m1/s1. The number of fused-ring (bicyclic) bond motifs is 1. The Morgan fingerprint density at radius 3 is 3.05 bits per heavy atom. The molecule has 0 saturated heterocycles. The number of benzene rings is 1. The van der Waals surface area contributed by atoms with Gasteiger partial charge in [-0.15, -0.1) is 11.3 Å². The van der Waals surface area contributed by atoms with Crippen LogP contribution in [-0.4, -0.2) is 34.2 Å². The molecule has 1 aliphatic rings. The van der Waals surface area contributed by atoms with Crippen molar-refractivity contribution in [2.45, 2.75) is 25.8 Å². The Hall–Kier alpha value is -1.92. The average molecular weight is 317 g/mol. The number of aryl methyl sites for hydroxylation is 1. The van der Waals surface area contributed by atoms with Gasteiger partial charge in [-0.3, -0.25) is 5.32 Å². The highest BCUT2D eigenvalue weighted by molar-refractivity contribution is 7.13. The Labute approximate surface area is 133 Å². The third-order valence-corrected chi connectivity index (χ3v) is 4.78. The van der Waals surface area contributed by atoms with Crippen LogP contribution in [0, 0.1) is 0 Å². The first-order chi connectivity index (χ1) is 10.7. The lowest BCUT2D eigenvalue weighted by atomic mass is 9.93. The molecule has 0 aliphatic carbocycles. The summed E-state index contributed by atoms with van der Waals surface area (Å²) in [7, 11) is 0. The minimum atomic E-state index is -0.296. The van der Waals surface area contributed by atoms with Gasteiger partial charge in [-0.25, -0.2) is 9.78 Å². The van der Waals surface area contributed by atoms with Crippen LogP contribution in [0.15, 0.2) is 29.6 Å². The Balaban J connectivity index is 1.77. The number of amides is 2. The molecule has 22 heavy (non-hydrogen) atoms. The van der Waals surface area contributed by atoms with Crippen molar-refractivity contribution in [3.8, 4) is 0 Å². The van der Waals surface area contributed by atoms with Crippen molar-refractivity contribution in [3.05, 3.63) is 46.5 Å².